The van der Waals surface area contributed by atoms with E-state index in [1.165, 1.54) is 5.56 Å². The highest BCUT2D eigenvalue weighted by atomic mass is 16.5. The number of benzene rings is 2. The van der Waals surface area contributed by atoms with E-state index in [-0.39, 0.29) is 0 Å². The number of ether oxygens (including phenoxy) is 1. The van der Waals surface area contributed by atoms with Crippen molar-refractivity contribution in [3.63, 3.8) is 0 Å². The Kier molecular flexibility index (Phi) is 4.46. The highest BCUT2D eigenvalue weighted by Gasteiger charge is 2.10. The smallest absolute Gasteiger partial charge is 0.134 e. The topological polar surface area (TPSA) is 35.2 Å². The lowest BCUT2D eigenvalue weighted by Crippen LogP contribution is -2.01. The molecular weight excluding hydrogens is 246 g/mol. The molecule has 0 spiro atoms. The van der Waals surface area contributed by atoms with Crippen molar-refractivity contribution in [2.45, 2.75) is 40.2 Å². The number of hydrogen-bond acceptors (Lipinski definition) is 2. The molecule has 0 aliphatic heterocycles. The van der Waals surface area contributed by atoms with Gasteiger partial charge in [-0.15, -0.1) is 0 Å². The molecule has 0 atom stereocenters. The summed E-state index contributed by atoms with van der Waals surface area (Å²) in [5.74, 6) is 2.29. The van der Waals surface area contributed by atoms with Crippen LogP contribution in [0.15, 0.2) is 36.4 Å². The maximum atomic E-state index is 6.17. The Morgan fingerprint density at radius 2 is 1.80 bits per heavy atom. The normalized spacial score (nSPS) is 10.9. The molecule has 2 heteroatoms. The van der Waals surface area contributed by atoms with Gasteiger partial charge in [0, 0.05) is 12.1 Å². The van der Waals surface area contributed by atoms with E-state index in [1.807, 2.05) is 12.1 Å². The van der Waals surface area contributed by atoms with Gasteiger partial charge in [-0.2, -0.15) is 0 Å². The van der Waals surface area contributed by atoms with Gasteiger partial charge in [-0.25, -0.2) is 0 Å². The van der Waals surface area contributed by atoms with E-state index in [9.17, 15) is 0 Å². The van der Waals surface area contributed by atoms with Crippen LogP contribution >= 0.6 is 0 Å². The molecule has 0 bridgehead atoms. The number of hydrogen-bond donors (Lipinski definition) is 1. The van der Waals surface area contributed by atoms with Crippen LogP contribution in [0.25, 0.3) is 0 Å². The number of para-hydroxylation sites is 1. The van der Waals surface area contributed by atoms with Crippen LogP contribution in [0, 0.1) is 13.8 Å². The Morgan fingerprint density at radius 1 is 1.05 bits per heavy atom. The third-order valence-corrected chi connectivity index (χ3v) is 3.60. The van der Waals surface area contributed by atoms with E-state index < -0.39 is 0 Å². The summed E-state index contributed by atoms with van der Waals surface area (Å²) in [6.07, 6.45) is 0. The minimum absolute atomic E-state index is 0.486. The largest absolute Gasteiger partial charge is 0.456 e. The van der Waals surface area contributed by atoms with E-state index in [0.717, 1.165) is 28.2 Å². The molecular formula is C18H23NO. The van der Waals surface area contributed by atoms with E-state index in [2.05, 4.69) is 52.0 Å². The zero-order valence-corrected chi connectivity index (χ0v) is 12.7. The maximum Gasteiger partial charge on any atom is 0.134 e. The molecule has 0 aliphatic rings. The molecule has 2 nitrogen and oxygen atoms in total. The molecule has 106 valence electrons. The van der Waals surface area contributed by atoms with Gasteiger partial charge in [-0.1, -0.05) is 44.2 Å². The number of aryl methyl sites for hydroxylation is 2. The molecule has 2 aromatic rings. The van der Waals surface area contributed by atoms with Crippen molar-refractivity contribution in [2.24, 2.45) is 5.73 Å². The highest BCUT2D eigenvalue weighted by molar-refractivity contribution is 5.46. The molecule has 2 rings (SSSR count). The van der Waals surface area contributed by atoms with Crippen LogP contribution in [0.1, 0.15) is 42.0 Å². The molecule has 0 radical (unpaired) electrons. The van der Waals surface area contributed by atoms with Crippen LogP contribution in [0.3, 0.4) is 0 Å². The van der Waals surface area contributed by atoms with Gasteiger partial charge in [-0.3, -0.25) is 0 Å². The Balaban J connectivity index is 2.42. The lowest BCUT2D eigenvalue weighted by molar-refractivity contribution is 0.468. The molecule has 0 saturated carbocycles. The first-order chi connectivity index (χ1) is 9.52. The molecule has 0 aromatic heterocycles. The summed E-state index contributed by atoms with van der Waals surface area (Å²) in [5.41, 5.74) is 10.4. The number of nitrogens with two attached hydrogens (primary N) is 1. The van der Waals surface area contributed by atoms with Crippen LogP contribution in [-0.2, 0) is 6.54 Å². The number of rotatable bonds is 4. The molecule has 0 heterocycles. The predicted molar refractivity (Wildman–Crippen MR) is 84.4 cm³/mol. The van der Waals surface area contributed by atoms with Gasteiger partial charge in [0.2, 0.25) is 0 Å². The molecule has 2 N–H and O–H groups in total. The van der Waals surface area contributed by atoms with Crippen molar-refractivity contribution in [3.05, 3.63) is 58.7 Å². The molecule has 0 saturated heterocycles. The minimum atomic E-state index is 0.486. The fourth-order valence-corrected chi connectivity index (χ4v) is 2.22. The molecule has 20 heavy (non-hydrogen) atoms. The van der Waals surface area contributed by atoms with Gasteiger partial charge in [-0.05, 0) is 42.5 Å². The molecule has 0 amide bonds. The van der Waals surface area contributed by atoms with Crippen LogP contribution in [0.4, 0.5) is 0 Å². The summed E-state index contributed by atoms with van der Waals surface area (Å²) in [6.45, 7) is 8.98. The monoisotopic (exact) mass is 269 g/mol. The molecule has 0 fully saturated rings. The van der Waals surface area contributed by atoms with E-state index in [1.54, 1.807) is 0 Å². The summed E-state index contributed by atoms with van der Waals surface area (Å²) in [7, 11) is 0. The van der Waals surface area contributed by atoms with Crippen molar-refractivity contribution >= 4 is 0 Å². The summed E-state index contributed by atoms with van der Waals surface area (Å²) >= 11 is 0. The summed E-state index contributed by atoms with van der Waals surface area (Å²) in [6, 6.07) is 12.5. The second-order valence-corrected chi connectivity index (χ2v) is 5.55. The van der Waals surface area contributed by atoms with Gasteiger partial charge in [0.05, 0.1) is 0 Å². The maximum absolute atomic E-state index is 6.17. The van der Waals surface area contributed by atoms with Gasteiger partial charge in [0.15, 0.2) is 0 Å². The molecule has 2 aromatic carbocycles. The SMILES string of the molecule is Cc1ccc(C(C)C)cc1Oc1c(C)cccc1CN. The summed E-state index contributed by atoms with van der Waals surface area (Å²) < 4.78 is 6.17. The Labute approximate surface area is 121 Å². The minimum Gasteiger partial charge on any atom is -0.456 e. The van der Waals surface area contributed by atoms with Crippen molar-refractivity contribution in [1.82, 2.24) is 0 Å². The standard InChI is InChI=1S/C18H23NO/c1-12(2)15-9-8-13(3)17(10-15)20-18-14(4)6-5-7-16(18)11-19/h5-10,12H,11,19H2,1-4H3. The Bertz CT molecular complexity index is 602. The van der Waals surface area contributed by atoms with Crippen LogP contribution in [0.5, 0.6) is 11.5 Å². The second-order valence-electron chi connectivity index (χ2n) is 5.55. The third kappa shape index (κ3) is 3.02. The van der Waals surface area contributed by atoms with Crippen molar-refractivity contribution in [2.75, 3.05) is 0 Å². The average molecular weight is 269 g/mol. The zero-order valence-electron chi connectivity index (χ0n) is 12.7. The zero-order chi connectivity index (χ0) is 14.7. The van der Waals surface area contributed by atoms with Crippen molar-refractivity contribution in [3.8, 4) is 11.5 Å². The van der Waals surface area contributed by atoms with Gasteiger partial charge < -0.3 is 10.5 Å². The summed E-state index contributed by atoms with van der Waals surface area (Å²) in [5, 5.41) is 0. The quantitative estimate of drug-likeness (QED) is 0.874. The first kappa shape index (κ1) is 14.6. The van der Waals surface area contributed by atoms with Gasteiger partial charge in [0.25, 0.3) is 0 Å². The predicted octanol–water partition coefficient (Wildman–Crippen LogP) is 4.68. The van der Waals surface area contributed by atoms with Gasteiger partial charge >= 0.3 is 0 Å². The van der Waals surface area contributed by atoms with E-state index in [0.29, 0.717) is 12.5 Å². The highest BCUT2D eigenvalue weighted by Crippen LogP contribution is 2.32. The van der Waals surface area contributed by atoms with E-state index >= 15 is 0 Å². The van der Waals surface area contributed by atoms with Crippen LogP contribution in [0.2, 0.25) is 0 Å². The Morgan fingerprint density at radius 3 is 2.45 bits per heavy atom. The first-order valence-corrected chi connectivity index (χ1v) is 7.10. The van der Waals surface area contributed by atoms with Gasteiger partial charge in [0.1, 0.15) is 11.5 Å². The molecule has 0 aliphatic carbocycles. The summed E-state index contributed by atoms with van der Waals surface area (Å²) in [4.78, 5) is 0. The van der Waals surface area contributed by atoms with Crippen molar-refractivity contribution < 1.29 is 4.74 Å². The molecule has 0 unspecified atom stereocenters. The lowest BCUT2D eigenvalue weighted by Gasteiger charge is -2.16. The van der Waals surface area contributed by atoms with Crippen molar-refractivity contribution in [1.29, 1.82) is 0 Å². The third-order valence-electron chi connectivity index (χ3n) is 3.60. The fraction of sp³-hybridized carbons (Fsp3) is 0.333. The lowest BCUT2D eigenvalue weighted by atomic mass is 10.0. The first-order valence-electron chi connectivity index (χ1n) is 7.10. The second kappa shape index (κ2) is 6.10. The van der Waals surface area contributed by atoms with Crippen LogP contribution < -0.4 is 10.5 Å². The average Bonchev–Trinajstić information content (AvgIpc) is 2.42. The Hall–Kier alpha value is -1.80. The van der Waals surface area contributed by atoms with Crippen LogP contribution in [-0.4, -0.2) is 0 Å². The van der Waals surface area contributed by atoms with E-state index in [4.69, 9.17) is 10.5 Å². The fourth-order valence-electron chi connectivity index (χ4n) is 2.22.